The van der Waals surface area contributed by atoms with Gasteiger partial charge in [-0.1, -0.05) is 12.1 Å². The Bertz CT molecular complexity index is 605. The summed E-state index contributed by atoms with van der Waals surface area (Å²) in [7, 11) is 0. The van der Waals surface area contributed by atoms with Gasteiger partial charge in [-0.2, -0.15) is 0 Å². The van der Waals surface area contributed by atoms with Crippen LogP contribution in [0.3, 0.4) is 0 Å². The molecule has 1 N–H and O–H groups in total. The van der Waals surface area contributed by atoms with Gasteiger partial charge in [0.15, 0.2) is 0 Å². The van der Waals surface area contributed by atoms with Crippen LogP contribution in [0.5, 0.6) is 5.75 Å². The van der Waals surface area contributed by atoms with Gasteiger partial charge in [0.05, 0.1) is 5.69 Å². The van der Waals surface area contributed by atoms with Crippen LogP contribution in [0.1, 0.15) is 16.7 Å². The molecule has 0 aromatic heterocycles. The Labute approximate surface area is 121 Å². The monoisotopic (exact) mass is 351 g/mol. The molecule has 0 aliphatic heterocycles. The number of benzene rings is 2. The van der Waals surface area contributed by atoms with Gasteiger partial charge < -0.3 is 5.11 Å². The molecule has 18 heavy (non-hydrogen) atoms. The molecule has 0 atom stereocenters. The molecule has 0 fully saturated rings. The van der Waals surface area contributed by atoms with Crippen molar-refractivity contribution in [1.82, 2.24) is 0 Å². The van der Waals surface area contributed by atoms with Gasteiger partial charge >= 0.3 is 0 Å². The van der Waals surface area contributed by atoms with Crippen LogP contribution in [0.2, 0.25) is 0 Å². The maximum Gasteiger partial charge on any atom is 0.127 e. The highest BCUT2D eigenvalue weighted by Gasteiger charge is 2.03. The van der Waals surface area contributed by atoms with Crippen molar-refractivity contribution in [3.8, 4) is 5.75 Å². The topological polar surface area (TPSA) is 32.6 Å². The van der Waals surface area contributed by atoms with Gasteiger partial charge in [0.25, 0.3) is 0 Å². The molecule has 2 nitrogen and oxygen atoms in total. The summed E-state index contributed by atoms with van der Waals surface area (Å²) in [6.45, 7) is 3.92. The third kappa shape index (κ3) is 3.10. The number of nitrogens with zero attached hydrogens (tertiary/aromatic N) is 1. The summed E-state index contributed by atoms with van der Waals surface area (Å²) in [5, 5.41) is 9.96. The molecule has 2 rings (SSSR count). The molecule has 2 aromatic rings. The first-order chi connectivity index (χ1) is 8.56. The van der Waals surface area contributed by atoms with Crippen molar-refractivity contribution in [3.63, 3.8) is 0 Å². The van der Waals surface area contributed by atoms with Crippen molar-refractivity contribution >= 4 is 34.5 Å². The molecular weight excluding hydrogens is 337 g/mol. The van der Waals surface area contributed by atoms with Crippen LogP contribution in [0.25, 0.3) is 0 Å². The SMILES string of the molecule is Cc1cccc(N=Cc2cc(I)cc(C)c2O)c1. The number of rotatable bonds is 2. The maximum absolute atomic E-state index is 9.96. The minimum atomic E-state index is 0.298. The molecule has 0 amide bonds. The predicted molar refractivity (Wildman–Crippen MR) is 84.0 cm³/mol. The maximum atomic E-state index is 9.96. The van der Waals surface area contributed by atoms with Crippen molar-refractivity contribution < 1.29 is 5.11 Å². The highest BCUT2D eigenvalue weighted by molar-refractivity contribution is 14.1. The van der Waals surface area contributed by atoms with E-state index < -0.39 is 0 Å². The van der Waals surface area contributed by atoms with Crippen LogP contribution in [0.15, 0.2) is 41.4 Å². The van der Waals surface area contributed by atoms with Crippen LogP contribution < -0.4 is 0 Å². The third-order valence-electron chi connectivity index (χ3n) is 2.65. The molecule has 0 bridgehead atoms. The fourth-order valence-corrected chi connectivity index (χ4v) is 2.51. The molecule has 0 heterocycles. The number of halogens is 1. The van der Waals surface area contributed by atoms with Crippen molar-refractivity contribution in [2.24, 2.45) is 4.99 Å². The normalized spacial score (nSPS) is 11.1. The minimum absolute atomic E-state index is 0.298. The summed E-state index contributed by atoms with van der Waals surface area (Å²) >= 11 is 2.23. The van der Waals surface area contributed by atoms with Gasteiger partial charge in [0.1, 0.15) is 5.75 Å². The zero-order valence-corrected chi connectivity index (χ0v) is 12.5. The molecule has 0 saturated carbocycles. The number of aliphatic imine (C=N–C) groups is 1. The van der Waals surface area contributed by atoms with Crippen LogP contribution >= 0.6 is 22.6 Å². The first-order valence-corrected chi connectivity index (χ1v) is 6.74. The van der Waals surface area contributed by atoms with E-state index in [-0.39, 0.29) is 0 Å². The molecule has 0 aliphatic carbocycles. The van der Waals surface area contributed by atoms with E-state index in [1.807, 2.05) is 50.2 Å². The number of hydrogen-bond acceptors (Lipinski definition) is 2. The average molecular weight is 351 g/mol. The van der Waals surface area contributed by atoms with Gasteiger partial charge in [-0.05, 0) is 71.8 Å². The van der Waals surface area contributed by atoms with E-state index >= 15 is 0 Å². The average Bonchev–Trinajstić information content (AvgIpc) is 2.32. The van der Waals surface area contributed by atoms with Crippen LogP contribution in [0, 0.1) is 17.4 Å². The van der Waals surface area contributed by atoms with E-state index in [1.54, 1.807) is 6.21 Å². The van der Waals surface area contributed by atoms with Crippen molar-refractivity contribution in [2.45, 2.75) is 13.8 Å². The van der Waals surface area contributed by atoms with Gasteiger partial charge in [-0.3, -0.25) is 4.99 Å². The van der Waals surface area contributed by atoms with Gasteiger partial charge in [0.2, 0.25) is 0 Å². The molecule has 92 valence electrons. The fourth-order valence-electron chi connectivity index (χ4n) is 1.71. The zero-order valence-electron chi connectivity index (χ0n) is 10.3. The molecule has 0 radical (unpaired) electrons. The smallest absolute Gasteiger partial charge is 0.127 e. The highest BCUT2D eigenvalue weighted by atomic mass is 127. The lowest BCUT2D eigenvalue weighted by Gasteiger charge is -2.04. The Morgan fingerprint density at radius 3 is 2.67 bits per heavy atom. The minimum Gasteiger partial charge on any atom is -0.507 e. The summed E-state index contributed by atoms with van der Waals surface area (Å²) in [5.74, 6) is 0.298. The first-order valence-electron chi connectivity index (χ1n) is 5.66. The van der Waals surface area contributed by atoms with E-state index in [2.05, 4.69) is 27.6 Å². The molecule has 2 aromatic carbocycles. The van der Waals surface area contributed by atoms with Crippen molar-refractivity contribution in [3.05, 3.63) is 56.7 Å². The van der Waals surface area contributed by atoms with Gasteiger partial charge in [-0.15, -0.1) is 0 Å². The van der Waals surface area contributed by atoms with E-state index in [9.17, 15) is 5.11 Å². The lowest BCUT2D eigenvalue weighted by molar-refractivity contribution is 0.470. The lowest BCUT2D eigenvalue weighted by atomic mass is 10.1. The molecule has 0 saturated heterocycles. The number of hydrogen-bond donors (Lipinski definition) is 1. The summed E-state index contributed by atoms with van der Waals surface area (Å²) in [4.78, 5) is 4.39. The Kier molecular flexibility index (Phi) is 4.01. The standard InChI is InChI=1S/C15H14INO/c1-10-4-3-5-14(6-10)17-9-12-8-13(16)7-11(2)15(12)18/h3-9,18H,1-2H3. The largest absolute Gasteiger partial charge is 0.507 e. The molecule has 0 aliphatic rings. The van der Waals surface area contributed by atoms with Gasteiger partial charge in [0, 0.05) is 15.3 Å². The first kappa shape index (κ1) is 13.1. The van der Waals surface area contributed by atoms with Crippen LogP contribution in [0.4, 0.5) is 5.69 Å². The second-order valence-electron chi connectivity index (χ2n) is 4.26. The molecule has 3 heteroatoms. The summed E-state index contributed by atoms with van der Waals surface area (Å²) < 4.78 is 1.09. The second-order valence-corrected chi connectivity index (χ2v) is 5.50. The Morgan fingerprint density at radius 2 is 1.94 bits per heavy atom. The third-order valence-corrected chi connectivity index (χ3v) is 3.27. The van der Waals surface area contributed by atoms with Crippen LogP contribution in [-0.2, 0) is 0 Å². The number of phenolic OH excluding ortho intramolecular Hbond substituents is 1. The molecular formula is C15H14INO. The number of aromatic hydroxyl groups is 1. The van der Waals surface area contributed by atoms with Crippen molar-refractivity contribution in [1.29, 1.82) is 0 Å². The summed E-state index contributed by atoms with van der Waals surface area (Å²) in [6.07, 6.45) is 1.71. The molecule has 0 unspecified atom stereocenters. The second kappa shape index (κ2) is 5.52. The number of phenols is 1. The highest BCUT2D eigenvalue weighted by Crippen LogP contribution is 2.24. The van der Waals surface area contributed by atoms with Gasteiger partial charge in [-0.25, -0.2) is 0 Å². The van der Waals surface area contributed by atoms with Crippen molar-refractivity contribution in [2.75, 3.05) is 0 Å². The van der Waals surface area contributed by atoms with E-state index in [1.165, 1.54) is 5.56 Å². The Morgan fingerprint density at radius 1 is 1.17 bits per heavy atom. The molecule has 0 spiro atoms. The number of aryl methyl sites for hydroxylation is 2. The fraction of sp³-hybridized carbons (Fsp3) is 0.133. The quantitative estimate of drug-likeness (QED) is 0.633. The Hall–Kier alpha value is -1.36. The Balaban J connectivity index is 2.34. The summed E-state index contributed by atoms with van der Waals surface area (Å²) in [5.41, 5.74) is 3.69. The van der Waals surface area contributed by atoms with E-state index in [4.69, 9.17) is 0 Å². The summed E-state index contributed by atoms with van der Waals surface area (Å²) in [6, 6.07) is 11.8. The predicted octanol–water partition coefficient (Wildman–Crippen LogP) is 4.36. The van der Waals surface area contributed by atoms with Crippen LogP contribution in [-0.4, -0.2) is 11.3 Å². The van der Waals surface area contributed by atoms with E-state index in [0.717, 1.165) is 20.4 Å². The zero-order chi connectivity index (χ0) is 13.1. The lowest BCUT2D eigenvalue weighted by Crippen LogP contribution is -1.87. The van der Waals surface area contributed by atoms with E-state index in [0.29, 0.717) is 5.75 Å².